The second-order valence-electron chi connectivity index (χ2n) is 4.35. The molecule has 0 aromatic heterocycles. The van der Waals surface area contributed by atoms with Crippen molar-refractivity contribution in [1.82, 2.24) is 0 Å². The smallest absolute Gasteiger partial charge is 0.0178 e. The molecule has 0 spiro atoms. The summed E-state index contributed by atoms with van der Waals surface area (Å²) in [5.74, 6) is 0. The van der Waals surface area contributed by atoms with Gasteiger partial charge in [0.25, 0.3) is 0 Å². The predicted molar refractivity (Wildman–Crippen MR) is 73.8 cm³/mol. The second kappa shape index (κ2) is 5.65. The van der Waals surface area contributed by atoms with Crippen LogP contribution in [0.15, 0.2) is 48.5 Å². The third-order valence-corrected chi connectivity index (χ3v) is 2.96. The Morgan fingerprint density at radius 3 is 2.06 bits per heavy atom. The first-order valence-electron chi connectivity index (χ1n) is 6.22. The van der Waals surface area contributed by atoms with Crippen LogP contribution in [0.5, 0.6) is 0 Å². The number of aryl methyl sites for hydroxylation is 1. The van der Waals surface area contributed by atoms with Gasteiger partial charge in [-0.3, -0.25) is 0 Å². The van der Waals surface area contributed by atoms with E-state index in [-0.39, 0.29) is 0 Å². The molecule has 2 rings (SSSR count). The lowest BCUT2D eigenvalue weighted by atomic mass is 10.00. The van der Waals surface area contributed by atoms with E-state index < -0.39 is 0 Å². The zero-order valence-electron chi connectivity index (χ0n) is 10.3. The Morgan fingerprint density at radius 2 is 1.47 bits per heavy atom. The Hall–Kier alpha value is -1.60. The van der Waals surface area contributed by atoms with E-state index in [4.69, 9.17) is 5.73 Å². The van der Waals surface area contributed by atoms with Crippen molar-refractivity contribution in [3.05, 3.63) is 59.7 Å². The van der Waals surface area contributed by atoms with Gasteiger partial charge in [-0.05, 0) is 34.7 Å². The number of hydrogen-bond acceptors (Lipinski definition) is 1. The second-order valence-corrected chi connectivity index (χ2v) is 4.35. The molecule has 0 saturated heterocycles. The molecule has 0 atom stereocenters. The molecule has 0 heterocycles. The summed E-state index contributed by atoms with van der Waals surface area (Å²) in [6.07, 6.45) is 2.33. The van der Waals surface area contributed by atoms with E-state index >= 15 is 0 Å². The minimum Gasteiger partial charge on any atom is -0.326 e. The summed E-state index contributed by atoms with van der Waals surface area (Å²) in [7, 11) is 0. The molecule has 0 aliphatic heterocycles. The van der Waals surface area contributed by atoms with E-state index in [0.29, 0.717) is 6.54 Å². The average Bonchev–Trinajstić information content (AvgIpc) is 2.40. The van der Waals surface area contributed by atoms with Crippen LogP contribution < -0.4 is 5.73 Å². The third-order valence-electron chi connectivity index (χ3n) is 2.96. The number of benzene rings is 2. The van der Waals surface area contributed by atoms with Gasteiger partial charge in [0.05, 0.1) is 0 Å². The molecule has 0 aliphatic carbocycles. The minimum atomic E-state index is 0.600. The normalized spacial score (nSPS) is 10.5. The highest BCUT2D eigenvalue weighted by Crippen LogP contribution is 2.22. The first-order chi connectivity index (χ1) is 8.33. The quantitative estimate of drug-likeness (QED) is 0.842. The van der Waals surface area contributed by atoms with Crippen molar-refractivity contribution >= 4 is 0 Å². The lowest BCUT2D eigenvalue weighted by molar-refractivity contribution is 0.922. The average molecular weight is 225 g/mol. The zero-order valence-corrected chi connectivity index (χ0v) is 10.3. The lowest BCUT2D eigenvalue weighted by Crippen LogP contribution is -1.95. The van der Waals surface area contributed by atoms with Crippen LogP contribution in [0, 0.1) is 0 Å². The van der Waals surface area contributed by atoms with Gasteiger partial charge in [0.2, 0.25) is 0 Å². The molecule has 2 N–H and O–H groups in total. The van der Waals surface area contributed by atoms with E-state index in [2.05, 4.69) is 55.5 Å². The van der Waals surface area contributed by atoms with Crippen LogP contribution in [0.1, 0.15) is 24.5 Å². The molecule has 0 amide bonds. The number of rotatable bonds is 4. The number of hydrogen-bond donors (Lipinski definition) is 1. The Kier molecular flexibility index (Phi) is 3.94. The molecule has 0 fully saturated rings. The van der Waals surface area contributed by atoms with Crippen molar-refractivity contribution in [1.29, 1.82) is 0 Å². The highest BCUT2D eigenvalue weighted by Gasteiger charge is 2.00. The molecule has 0 bridgehead atoms. The standard InChI is InChI=1S/C16H19N/c1-2-5-13-6-3-8-15(10-13)16-9-4-7-14(11-16)12-17/h3-4,6-11H,2,5,12,17H2,1H3. The first kappa shape index (κ1) is 11.9. The summed E-state index contributed by atoms with van der Waals surface area (Å²) in [4.78, 5) is 0. The van der Waals surface area contributed by atoms with Crippen LogP contribution in [0.2, 0.25) is 0 Å². The summed E-state index contributed by atoms with van der Waals surface area (Å²) in [6, 6.07) is 17.2. The fourth-order valence-electron chi connectivity index (χ4n) is 2.07. The fraction of sp³-hybridized carbons (Fsp3) is 0.250. The maximum Gasteiger partial charge on any atom is 0.0178 e. The van der Waals surface area contributed by atoms with Gasteiger partial charge in [-0.2, -0.15) is 0 Å². The molecular formula is C16H19N. The maximum atomic E-state index is 5.67. The predicted octanol–water partition coefficient (Wildman–Crippen LogP) is 3.76. The van der Waals surface area contributed by atoms with Gasteiger partial charge in [-0.25, -0.2) is 0 Å². The van der Waals surface area contributed by atoms with Crippen LogP contribution in [-0.4, -0.2) is 0 Å². The zero-order chi connectivity index (χ0) is 12.1. The molecule has 2 aromatic carbocycles. The van der Waals surface area contributed by atoms with E-state index in [1.165, 1.54) is 28.7 Å². The van der Waals surface area contributed by atoms with Gasteiger partial charge in [-0.1, -0.05) is 55.8 Å². The molecule has 0 saturated carbocycles. The van der Waals surface area contributed by atoms with Crippen LogP contribution in [0.3, 0.4) is 0 Å². The van der Waals surface area contributed by atoms with E-state index in [1.54, 1.807) is 0 Å². The topological polar surface area (TPSA) is 26.0 Å². The maximum absolute atomic E-state index is 5.67. The van der Waals surface area contributed by atoms with Gasteiger partial charge in [0.1, 0.15) is 0 Å². The molecule has 1 heteroatoms. The van der Waals surface area contributed by atoms with Crippen molar-refractivity contribution in [3.63, 3.8) is 0 Å². The monoisotopic (exact) mass is 225 g/mol. The molecule has 17 heavy (non-hydrogen) atoms. The van der Waals surface area contributed by atoms with Gasteiger partial charge in [0.15, 0.2) is 0 Å². The summed E-state index contributed by atoms with van der Waals surface area (Å²) < 4.78 is 0. The van der Waals surface area contributed by atoms with Gasteiger partial charge < -0.3 is 5.73 Å². The molecule has 88 valence electrons. The van der Waals surface area contributed by atoms with Gasteiger partial charge in [0, 0.05) is 6.54 Å². The summed E-state index contributed by atoms with van der Waals surface area (Å²) in [5, 5.41) is 0. The molecule has 2 aromatic rings. The largest absolute Gasteiger partial charge is 0.326 e. The molecule has 0 radical (unpaired) electrons. The summed E-state index contributed by atoms with van der Waals surface area (Å²) in [6.45, 7) is 2.81. The summed E-state index contributed by atoms with van der Waals surface area (Å²) in [5.41, 5.74) is 10.8. The molecule has 0 unspecified atom stereocenters. The van der Waals surface area contributed by atoms with E-state index in [0.717, 1.165) is 6.42 Å². The highest BCUT2D eigenvalue weighted by atomic mass is 14.5. The Bertz CT molecular complexity index is 488. The molecule has 1 nitrogen and oxygen atoms in total. The van der Waals surface area contributed by atoms with Gasteiger partial charge in [-0.15, -0.1) is 0 Å². The Balaban J connectivity index is 2.34. The van der Waals surface area contributed by atoms with Crippen molar-refractivity contribution in [2.24, 2.45) is 5.73 Å². The van der Waals surface area contributed by atoms with Gasteiger partial charge >= 0.3 is 0 Å². The van der Waals surface area contributed by atoms with Crippen molar-refractivity contribution in [2.45, 2.75) is 26.3 Å². The van der Waals surface area contributed by atoms with Crippen molar-refractivity contribution < 1.29 is 0 Å². The summed E-state index contributed by atoms with van der Waals surface area (Å²) >= 11 is 0. The van der Waals surface area contributed by atoms with E-state index in [9.17, 15) is 0 Å². The van der Waals surface area contributed by atoms with Crippen LogP contribution in [0.4, 0.5) is 0 Å². The highest BCUT2D eigenvalue weighted by molar-refractivity contribution is 5.64. The lowest BCUT2D eigenvalue weighted by Gasteiger charge is -2.06. The fourth-order valence-corrected chi connectivity index (χ4v) is 2.07. The van der Waals surface area contributed by atoms with Crippen LogP contribution in [-0.2, 0) is 13.0 Å². The number of nitrogens with two attached hydrogens (primary N) is 1. The first-order valence-corrected chi connectivity index (χ1v) is 6.22. The third kappa shape index (κ3) is 2.95. The van der Waals surface area contributed by atoms with Crippen molar-refractivity contribution in [3.8, 4) is 11.1 Å². The Morgan fingerprint density at radius 1 is 0.882 bits per heavy atom. The van der Waals surface area contributed by atoms with Crippen LogP contribution in [0.25, 0.3) is 11.1 Å². The van der Waals surface area contributed by atoms with Crippen LogP contribution >= 0.6 is 0 Å². The Labute approximate surface area is 103 Å². The minimum absolute atomic E-state index is 0.600. The van der Waals surface area contributed by atoms with E-state index in [1.807, 2.05) is 0 Å². The SMILES string of the molecule is CCCc1cccc(-c2cccc(CN)c2)c1. The molecule has 0 aliphatic rings. The molecular weight excluding hydrogens is 206 g/mol. The van der Waals surface area contributed by atoms with Crippen molar-refractivity contribution in [2.75, 3.05) is 0 Å².